The van der Waals surface area contributed by atoms with Gasteiger partial charge in [-0.3, -0.25) is 4.40 Å². The molecule has 0 saturated carbocycles. The van der Waals surface area contributed by atoms with Crippen LogP contribution in [0.2, 0.25) is 0 Å². The number of guanidine groups is 1. The predicted octanol–water partition coefficient (Wildman–Crippen LogP) is 3.05. The zero-order valence-corrected chi connectivity index (χ0v) is 17.1. The maximum Gasteiger partial charge on any atom is 0.191 e. The lowest BCUT2D eigenvalue weighted by molar-refractivity contribution is 0.617. The monoisotopic (exact) mass is 468 g/mol. The first-order chi connectivity index (χ1) is 12.2. The molecule has 3 aromatic rings. The highest BCUT2D eigenvalue weighted by Gasteiger charge is 2.06. The molecule has 0 radical (unpaired) electrons. The van der Waals surface area contributed by atoms with Gasteiger partial charge < -0.3 is 10.6 Å². The molecule has 0 atom stereocenters. The Morgan fingerprint density at radius 1 is 1.19 bits per heavy atom. The molecule has 0 aliphatic heterocycles. The second kappa shape index (κ2) is 9.46. The molecule has 0 amide bonds. The molecule has 8 heteroatoms. The van der Waals surface area contributed by atoms with Gasteiger partial charge in [0.2, 0.25) is 0 Å². The Hall–Kier alpha value is -2.23. The van der Waals surface area contributed by atoms with Crippen molar-refractivity contribution >= 4 is 35.6 Å². The number of rotatable bonds is 5. The number of benzene rings is 1. The molecule has 0 unspecified atom stereocenters. The Labute approximate surface area is 169 Å². The van der Waals surface area contributed by atoms with Gasteiger partial charge >= 0.3 is 0 Å². The Balaban J connectivity index is 0.00000243. The summed E-state index contributed by atoms with van der Waals surface area (Å²) in [5.74, 6) is 1.28. The molecular formula is C18H22FIN6. The van der Waals surface area contributed by atoms with E-state index >= 15 is 0 Å². The van der Waals surface area contributed by atoms with Crippen molar-refractivity contribution in [3.63, 3.8) is 0 Å². The molecule has 0 saturated heterocycles. The van der Waals surface area contributed by atoms with Crippen molar-refractivity contribution in [2.45, 2.75) is 26.9 Å². The first-order valence-corrected chi connectivity index (χ1v) is 8.23. The Bertz CT molecular complexity index is 892. The van der Waals surface area contributed by atoms with Crippen LogP contribution >= 0.6 is 24.0 Å². The van der Waals surface area contributed by atoms with Crippen molar-refractivity contribution in [2.75, 3.05) is 6.54 Å². The van der Waals surface area contributed by atoms with Gasteiger partial charge in [-0.05, 0) is 43.2 Å². The molecule has 138 valence electrons. The minimum absolute atomic E-state index is 0. The van der Waals surface area contributed by atoms with E-state index in [1.165, 1.54) is 6.07 Å². The standard InChI is InChI=1S/C18H21FN6.HI/c1-3-20-18(21-11-14-7-8-15(19)13(2)10-14)22-12-17-24-23-16-6-4-5-9-25(16)17;/h4-10H,3,11-12H2,1-2H3,(H2,20,21,22);1H. The second-order valence-electron chi connectivity index (χ2n) is 5.68. The summed E-state index contributed by atoms with van der Waals surface area (Å²) in [4.78, 5) is 4.55. The van der Waals surface area contributed by atoms with Gasteiger partial charge in [0, 0.05) is 12.7 Å². The number of pyridine rings is 1. The third kappa shape index (κ3) is 4.90. The van der Waals surface area contributed by atoms with Gasteiger partial charge in [0.1, 0.15) is 5.82 Å². The second-order valence-corrected chi connectivity index (χ2v) is 5.68. The van der Waals surface area contributed by atoms with E-state index in [1.54, 1.807) is 13.0 Å². The van der Waals surface area contributed by atoms with Crippen LogP contribution in [0.1, 0.15) is 23.9 Å². The SMILES string of the molecule is CCNC(=NCc1ccc(F)c(C)c1)NCc1nnc2ccccn12.I. The topological polar surface area (TPSA) is 66.6 Å². The van der Waals surface area contributed by atoms with Gasteiger partial charge in [-0.2, -0.15) is 0 Å². The van der Waals surface area contributed by atoms with E-state index in [9.17, 15) is 4.39 Å². The number of hydrogen-bond donors (Lipinski definition) is 2. The van der Waals surface area contributed by atoms with Gasteiger partial charge in [0.05, 0.1) is 13.1 Å². The van der Waals surface area contributed by atoms with E-state index in [4.69, 9.17) is 0 Å². The molecule has 0 aliphatic rings. The summed E-state index contributed by atoms with van der Waals surface area (Å²) in [6.07, 6.45) is 1.93. The highest BCUT2D eigenvalue weighted by Crippen LogP contribution is 2.10. The summed E-state index contributed by atoms with van der Waals surface area (Å²) in [5.41, 5.74) is 2.40. The third-order valence-electron chi connectivity index (χ3n) is 3.78. The lowest BCUT2D eigenvalue weighted by atomic mass is 10.1. The van der Waals surface area contributed by atoms with Gasteiger partial charge in [-0.15, -0.1) is 34.2 Å². The number of fused-ring (bicyclic) bond motifs is 1. The van der Waals surface area contributed by atoms with Gasteiger partial charge in [-0.1, -0.05) is 18.2 Å². The van der Waals surface area contributed by atoms with E-state index in [0.717, 1.165) is 23.6 Å². The molecular weight excluding hydrogens is 446 g/mol. The Morgan fingerprint density at radius 3 is 2.81 bits per heavy atom. The molecule has 2 N–H and O–H groups in total. The average Bonchev–Trinajstić information content (AvgIpc) is 3.03. The maximum absolute atomic E-state index is 13.3. The number of nitrogens with one attached hydrogen (secondary N) is 2. The van der Waals surface area contributed by atoms with Crippen molar-refractivity contribution in [3.05, 3.63) is 65.4 Å². The quantitative estimate of drug-likeness (QED) is 0.343. The summed E-state index contributed by atoms with van der Waals surface area (Å²) in [6.45, 7) is 5.47. The van der Waals surface area contributed by atoms with E-state index < -0.39 is 0 Å². The molecule has 6 nitrogen and oxygen atoms in total. The number of halogens is 2. The Kier molecular flexibility index (Phi) is 7.31. The minimum atomic E-state index is -0.198. The average molecular weight is 468 g/mol. The van der Waals surface area contributed by atoms with Crippen molar-refractivity contribution in [1.82, 2.24) is 25.2 Å². The van der Waals surface area contributed by atoms with E-state index in [-0.39, 0.29) is 29.8 Å². The number of aromatic nitrogens is 3. The van der Waals surface area contributed by atoms with Crippen LogP contribution in [-0.4, -0.2) is 27.1 Å². The fraction of sp³-hybridized carbons (Fsp3) is 0.278. The van der Waals surface area contributed by atoms with Gasteiger partial charge in [-0.25, -0.2) is 9.38 Å². The molecule has 2 aromatic heterocycles. The van der Waals surface area contributed by atoms with Crippen molar-refractivity contribution in [1.29, 1.82) is 0 Å². The van der Waals surface area contributed by atoms with Crippen LogP contribution in [-0.2, 0) is 13.1 Å². The van der Waals surface area contributed by atoms with Gasteiger partial charge in [0.25, 0.3) is 0 Å². The van der Waals surface area contributed by atoms with E-state index in [2.05, 4.69) is 25.8 Å². The predicted molar refractivity (Wildman–Crippen MR) is 111 cm³/mol. The number of aliphatic imine (C=N–C) groups is 1. The molecule has 0 aliphatic carbocycles. The van der Waals surface area contributed by atoms with Crippen LogP contribution in [0.5, 0.6) is 0 Å². The summed E-state index contributed by atoms with van der Waals surface area (Å²) in [7, 11) is 0. The highest BCUT2D eigenvalue weighted by molar-refractivity contribution is 14.0. The summed E-state index contributed by atoms with van der Waals surface area (Å²) in [5, 5.41) is 14.8. The normalized spacial score (nSPS) is 11.3. The van der Waals surface area contributed by atoms with E-state index in [1.807, 2.05) is 41.8 Å². The van der Waals surface area contributed by atoms with Crippen LogP contribution in [0.3, 0.4) is 0 Å². The van der Waals surface area contributed by atoms with E-state index in [0.29, 0.717) is 24.6 Å². The van der Waals surface area contributed by atoms with Crippen LogP contribution < -0.4 is 10.6 Å². The zero-order chi connectivity index (χ0) is 17.6. The third-order valence-corrected chi connectivity index (χ3v) is 3.78. The van der Waals surface area contributed by atoms with Crippen LogP contribution in [0.4, 0.5) is 4.39 Å². The van der Waals surface area contributed by atoms with Crippen LogP contribution in [0.15, 0.2) is 47.6 Å². The fourth-order valence-corrected chi connectivity index (χ4v) is 2.49. The minimum Gasteiger partial charge on any atom is -0.357 e. The lowest BCUT2D eigenvalue weighted by Crippen LogP contribution is -2.37. The van der Waals surface area contributed by atoms with Crippen molar-refractivity contribution in [3.8, 4) is 0 Å². The van der Waals surface area contributed by atoms with Gasteiger partial charge in [0.15, 0.2) is 17.4 Å². The fourth-order valence-electron chi connectivity index (χ4n) is 2.49. The molecule has 0 fully saturated rings. The molecule has 3 rings (SSSR count). The van der Waals surface area contributed by atoms with Crippen LogP contribution in [0.25, 0.3) is 5.65 Å². The first-order valence-electron chi connectivity index (χ1n) is 8.23. The summed E-state index contributed by atoms with van der Waals surface area (Å²) in [6, 6.07) is 10.8. The first kappa shape index (κ1) is 20.1. The maximum atomic E-state index is 13.3. The smallest absolute Gasteiger partial charge is 0.191 e. The molecule has 0 spiro atoms. The highest BCUT2D eigenvalue weighted by atomic mass is 127. The van der Waals surface area contributed by atoms with Crippen molar-refractivity contribution in [2.24, 2.45) is 4.99 Å². The summed E-state index contributed by atoms with van der Waals surface area (Å²) < 4.78 is 15.3. The molecule has 0 bridgehead atoms. The Morgan fingerprint density at radius 2 is 2.04 bits per heavy atom. The lowest BCUT2D eigenvalue weighted by Gasteiger charge is -2.10. The number of hydrogen-bond acceptors (Lipinski definition) is 3. The zero-order valence-electron chi connectivity index (χ0n) is 14.7. The van der Waals surface area contributed by atoms with Crippen LogP contribution in [0, 0.1) is 12.7 Å². The number of aryl methyl sites for hydroxylation is 1. The largest absolute Gasteiger partial charge is 0.357 e. The molecule has 2 heterocycles. The molecule has 26 heavy (non-hydrogen) atoms. The number of nitrogens with zero attached hydrogens (tertiary/aromatic N) is 4. The summed E-state index contributed by atoms with van der Waals surface area (Å²) >= 11 is 0. The molecule has 1 aromatic carbocycles. The van der Waals surface area contributed by atoms with Crippen molar-refractivity contribution < 1.29 is 4.39 Å².